The maximum absolute atomic E-state index is 12.8. The van der Waals surface area contributed by atoms with Gasteiger partial charge >= 0.3 is 6.18 Å². The molecule has 1 aliphatic heterocycles. The highest BCUT2D eigenvalue weighted by atomic mass is 19.4. The molecule has 140 valence electrons. The van der Waals surface area contributed by atoms with Gasteiger partial charge in [-0.05, 0) is 23.3 Å². The van der Waals surface area contributed by atoms with Crippen LogP contribution in [0, 0.1) is 0 Å². The highest BCUT2D eigenvalue weighted by Gasteiger charge is 2.43. The molecule has 0 unspecified atom stereocenters. The van der Waals surface area contributed by atoms with Crippen LogP contribution in [0.5, 0.6) is 5.75 Å². The van der Waals surface area contributed by atoms with E-state index in [1.165, 1.54) is 5.56 Å². The largest absolute Gasteiger partial charge is 0.493 e. The summed E-state index contributed by atoms with van der Waals surface area (Å²) in [7, 11) is 0. The summed E-state index contributed by atoms with van der Waals surface area (Å²) in [5, 5.41) is 0. The predicted octanol–water partition coefficient (Wildman–Crippen LogP) is 4.07. The van der Waals surface area contributed by atoms with E-state index in [0.29, 0.717) is 19.7 Å². The van der Waals surface area contributed by atoms with Crippen molar-refractivity contribution in [3.8, 4) is 5.75 Å². The standard InChI is InChI=1S/C20H22F3NO2/c21-20(22,23)19-15-24(11-13-26-19)14-17-6-8-18(9-7-17)25-12-10-16-4-2-1-3-5-16/h1-9,19H,10-15H2/t19-/m1/s1. The first-order valence-electron chi connectivity index (χ1n) is 8.67. The number of hydrogen-bond acceptors (Lipinski definition) is 3. The lowest BCUT2D eigenvalue weighted by atomic mass is 10.1. The Hall–Kier alpha value is -2.05. The van der Waals surface area contributed by atoms with Crippen LogP contribution in [0.2, 0.25) is 0 Å². The Kier molecular flexibility index (Phi) is 6.16. The molecular weight excluding hydrogens is 343 g/mol. The highest BCUT2D eigenvalue weighted by Crippen LogP contribution is 2.26. The molecule has 26 heavy (non-hydrogen) atoms. The average molecular weight is 365 g/mol. The van der Waals surface area contributed by atoms with Gasteiger partial charge in [-0.3, -0.25) is 4.90 Å². The van der Waals surface area contributed by atoms with Gasteiger partial charge in [-0.1, -0.05) is 42.5 Å². The van der Waals surface area contributed by atoms with Crippen LogP contribution in [0.4, 0.5) is 13.2 Å². The Morgan fingerprint density at radius 3 is 2.42 bits per heavy atom. The number of alkyl halides is 3. The number of halogens is 3. The summed E-state index contributed by atoms with van der Waals surface area (Å²) in [6.45, 7) is 1.53. The van der Waals surface area contributed by atoms with Gasteiger partial charge in [0.05, 0.1) is 13.2 Å². The molecule has 0 aromatic heterocycles. The van der Waals surface area contributed by atoms with Crippen LogP contribution in [0.1, 0.15) is 11.1 Å². The molecule has 0 bridgehead atoms. The molecule has 3 nitrogen and oxygen atoms in total. The molecule has 3 rings (SSSR count). The predicted molar refractivity (Wildman–Crippen MR) is 93.2 cm³/mol. The van der Waals surface area contributed by atoms with Crippen molar-refractivity contribution < 1.29 is 22.6 Å². The average Bonchev–Trinajstić information content (AvgIpc) is 2.64. The molecule has 2 aromatic rings. The van der Waals surface area contributed by atoms with Crippen LogP contribution >= 0.6 is 0 Å². The second-order valence-corrected chi connectivity index (χ2v) is 6.36. The van der Waals surface area contributed by atoms with Crippen molar-refractivity contribution in [3.05, 3.63) is 65.7 Å². The van der Waals surface area contributed by atoms with Crippen molar-refractivity contribution in [1.82, 2.24) is 4.90 Å². The third-order valence-electron chi connectivity index (χ3n) is 4.35. The molecule has 0 radical (unpaired) electrons. The lowest BCUT2D eigenvalue weighted by molar-refractivity contribution is -0.237. The summed E-state index contributed by atoms with van der Waals surface area (Å²) in [5.41, 5.74) is 2.18. The van der Waals surface area contributed by atoms with E-state index in [1.807, 2.05) is 42.5 Å². The van der Waals surface area contributed by atoms with Crippen molar-refractivity contribution in [1.29, 1.82) is 0 Å². The summed E-state index contributed by atoms with van der Waals surface area (Å²) in [6, 6.07) is 17.6. The maximum atomic E-state index is 12.8. The molecular formula is C20H22F3NO2. The van der Waals surface area contributed by atoms with Crippen molar-refractivity contribution in [2.75, 3.05) is 26.3 Å². The molecule has 2 aromatic carbocycles. The smallest absolute Gasteiger partial charge is 0.415 e. The Labute approximate surface area is 151 Å². The minimum Gasteiger partial charge on any atom is -0.493 e. The van der Waals surface area contributed by atoms with Crippen molar-refractivity contribution in [2.45, 2.75) is 25.2 Å². The maximum Gasteiger partial charge on any atom is 0.415 e. The molecule has 0 spiro atoms. The Morgan fingerprint density at radius 1 is 1.00 bits per heavy atom. The molecule has 0 saturated carbocycles. The number of rotatable bonds is 6. The summed E-state index contributed by atoms with van der Waals surface area (Å²) in [5.74, 6) is 0.764. The lowest BCUT2D eigenvalue weighted by Gasteiger charge is -2.33. The van der Waals surface area contributed by atoms with Crippen molar-refractivity contribution in [2.24, 2.45) is 0 Å². The topological polar surface area (TPSA) is 21.7 Å². The third kappa shape index (κ3) is 5.47. The van der Waals surface area contributed by atoms with E-state index < -0.39 is 12.3 Å². The zero-order valence-electron chi connectivity index (χ0n) is 14.4. The Morgan fingerprint density at radius 2 is 1.73 bits per heavy atom. The van der Waals surface area contributed by atoms with Crippen LogP contribution in [0.15, 0.2) is 54.6 Å². The molecule has 0 N–H and O–H groups in total. The fraction of sp³-hybridized carbons (Fsp3) is 0.400. The number of ether oxygens (including phenoxy) is 2. The summed E-state index contributed by atoms with van der Waals surface area (Å²) in [6.07, 6.45) is -5.18. The fourth-order valence-electron chi connectivity index (χ4n) is 2.92. The molecule has 1 fully saturated rings. The van der Waals surface area contributed by atoms with Crippen LogP contribution in [-0.4, -0.2) is 43.5 Å². The second-order valence-electron chi connectivity index (χ2n) is 6.36. The Balaban J connectivity index is 1.47. The van der Waals surface area contributed by atoms with Gasteiger partial charge in [0.2, 0.25) is 0 Å². The highest BCUT2D eigenvalue weighted by molar-refractivity contribution is 5.27. The number of nitrogens with zero attached hydrogens (tertiary/aromatic N) is 1. The van der Waals surface area contributed by atoms with Crippen molar-refractivity contribution >= 4 is 0 Å². The monoisotopic (exact) mass is 365 g/mol. The van der Waals surface area contributed by atoms with Crippen LogP contribution in [0.3, 0.4) is 0 Å². The molecule has 1 heterocycles. The van der Waals surface area contributed by atoms with E-state index in [-0.39, 0.29) is 13.2 Å². The summed E-state index contributed by atoms with van der Waals surface area (Å²) in [4.78, 5) is 1.77. The summed E-state index contributed by atoms with van der Waals surface area (Å²) >= 11 is 0. The number of hydrogen-bond donors (Lipinski definition) is 0. The molecule has 1 aliphatic rings. The second kappa shape index (κ2) is 8.56. The van der Waals surface area contributed by atoms with Gasteiger partial charge in [0.1, 0.15) is 5.75 Å². The quantitative estimate of drug-likeness (QED) is 0.770. The third-order valence-corrected chi connectivity index (χ3v) is 4.35. The van der Waals surface area contributed by atoms with E-state index in [4.69, 9.17) is 9.47 Å². The van der Waals surface area contributed by atoms with Gasteiger partial charge < -0.3 is 9.47 Å². The van der Waals surface area contributed by atoms with E-state index in [9.17, 15) is 13.2 Å². The first-order chi connectivity index (χ1) is 12.5. The molecule has 0 aliphatic carbocycles. The first kappa shape index (κ1) is 18.7. The molecule has 6 heteroatoms. The van der Waals surface area contributed by atoms with E-state index in [1.54, 1.807) is 4.90 Å². The minimum absolute atomic E-state index is 0.102. The first-order valence-corrected chi connectivity index (χ1v) is 8.67. The van der Waals surface area contributed by atoms with Crippen molar-refractivity contribution in [3.63, 3.8) is 0 Å². The molecule has 0 amide bonds. The SMILES string of the molecule is FC(F)(F)[C@H]1CN(Cc2ccc(OCCc3ccccc3)cc2)CCO1. The van der Waals surface area contributed by atoms with Gasteiger partial charge in [0.15, 0.2) is 6.10 Å². The van der Waals surface area contributed by atoms with E-state index in [2.05, 4.69) is 12.1 Å². The summed E-state index contributed by atoms with van der Waals surface area (Å²) < 4.78 is 48.9. The van der Waals surface area contributed by atoms with Crippen LogP contribution in [0.25, 0.3) is 0 Å². The molecule has 1 saturated heterocycles. The van der Waals surface area contributed by atoms with Gasteiger partial charge in [-0.25, -0.2) is 0 Å². The van der Waals surface area contributed by atoms with E-state index in [0.717, 1.165) is 17.7 Å². The van der Waals surface area contributed by atoms with Crippen LogP contribution in [-0.2, 0) is 17.7 Å². The number of benzene rings is 2. The normalized spacial score (nSPS) is 18.7. The van der Waals surface area contributed by atoms with Gasteiger partial charge in [-0.15, -0.1) is 0 Å². The van der Waals surface area contributed by atoms with Gasteiger partial charge in [0.25, 0.3) is 0 Å². The lowest BCUT2D eigenvalue weighted by Crippen LogP contribution is -2.48. The van der Waals surface area contributed by atoms with Gasteiger partial charge in [0, 0.05) is 26.1 Å². The minimum atomic E-state index is -4.31. The zero-order valence-corrected chi connectivity index (χ0v) is 14.4. The molecule has 1 atom stereocenters. The zero-order chi connectivity index (χ0) is 18.4. The van der Waals surface area contributed by atoms with E-state index >= 15 is 0 Å². The van der Waals surface area contributed by atoms with Crippen LogP contribution < -0.4 is 4.74 Å². The fourth-order valence-corrected chi connectivity index (χ4v) is 2.92. The Bertz CT molecular complexity index is 674. The van der Waals surface area contributed by atoms with Gasteiger partial charge in [-0.2, -0.15) is 13.2 Å². The number of morpholine rings is 1.